The number of rotatable bonds is 3. The molecule has 0 aliphatic heterocycles. The monoisotopic (exact) mass is 267 g/mol. The van der Waals surface area contributed by atoms with Gasteiger partial charge in [-0.25, -0.2) is 0 Å². The zero-order valence-electron chi connectivity index (χ0n) is 7.95. The van der Waals surface area contributed by atoms with E-state index in [0.29, 0.717) is 0 Å². The molecule has 0 bridgehead atoms. The summed E-state index contributed by atoms with van der Waals surface area (Å²) in [5, 5.41) is 7.23. The van der Waals surface area contributed by atoms with E-state index in [9.17, 15) is 30.7 Å². The molecule has 0 unspecified atom stereocenters. The van der Waals surface area contributed by atoms with Crippen molar-refractivity contribution < 1.29 is 35.2 Å². The Morgan fingerprint density at radius 3 is 1.88 bits per heavy atom. The van der Waals surface area contributed by atoms with E-state index in [-0.39, 0.29) is 0 Å². The van der Waals surface area contributed by atoms with Crippen molar-refractivity contribution in [2.75, 3.05) is 12.4 Å². The van der Waals surface area contributed by atoms with Crippen LogP contribution in [-0.2, 0) is 5.92 Å². The first-order valence-electron chi connectivity index (χ1n) is 3.88. The van der Waals surface area contributed by atoms with Crippen molar-refractivity contribution in [1.29, 1.82) is 0 Å². The van der Waals surface area contributed by atoms with Gasteiger partial charge in [-0.15, -0.1) is 5.10 Å². The topological polar surface area (TPSA) is 51.0 Å². The van der Waals surface area contributed by atoms with E-state index >= 15 is 0 Å². The first-order chi connectivity index (χ1) is 7.54. The number of hydrogen-bond donors (Lipinski definition) is 1. The molecule has 4 nitrogen and oxygen atoms in total. The highest BCUT2D eigenvalue weighted by molar-refractivity contribution is 5.16. The molecule has 1 heterocycles. The minimum absolute atomic E-state index is 0.711. The van der Waals surface area contributed by atoms with Crippen LogP contribution in [0.15, 0.2) is 4.42 Å². The molecule has 0 spiro atoms. The van der Waals surface area contributed by atoms with E-state index in [2.05, 4.69) is 14.6 Å². The van der Waals surface area contributed by atoms with E-state index in [1.807, 2.05) is 5.32 Å². The average Bonchev–Trinajstić information content (AvgIpc) is 2.64. The zero-order chi connectivity index (χ0) is 13.5. The number of anilines is 1. The van der Waals surface area contributed by atoms with Gasteiger partial charge in [-0.3, -0.25) is 0 Å². The number of nitrogens with zero attached hydrogens (tertiary/aromatic N) is 2. The van der Waals surface area contributed by atoms with Crippen molar-refractivity contribution in [2.45, 2.75) is 18.0 Å². The van der Waals surface area contributed by atoms with Crippen LogP contribution in [0.1, 0.15) is 5.89 Å². The predicted octanol–water partition coefficient (Wildman–Crippen LogP) is 2.40. The summed E-state index contributed by atoms with van der Waals surface area (Å²) < 4.78 is 90.0. The molecule has 1 N–H and O–H groups in total. The Labute approximate surface area is 88.8 Å². The Morgan fingerprint density at radius 1 is 1.00 bits per heavy atom. The van der Waals surface area contributed by atoms with Crippen molar-refractivity contribution in [3.8, 4) is 0 Å². The molecule has 17 heavy (non-hydrogen) atoms. The van der Waals surface area contributed by atoms with Gasteiger partial charge in [-0.1, -0.05) is 5.10 Å². The molecule has 0 aromatic carbocycles. The van der Waals surface area contributed by atoms with Crippen molar-refractivity contribution in [1.82, 2.24) is 10.2 Å². The number of nitrogens with one attached hydrogen (secondary N) is 1. The van der Waals surface area contributed by atoms with Gasteiger partial charge >= 0.3 is 24.0 Å². The molecule has 1 rings (SSSR count). The van der Waals surface area contributed by atoms with Crippen LogP contribution in [-0.4, -0.2) is 29.3 Å². The van der Waals surface area contributed by atoms with Crippen LogP contribution in [0.2, 0.25) is 0 Å². The standard InChI is InChI=1S/C6H4F7N3O/c1-14-3-16-15-2(17-3)4(7,8)5(9,10)6(11,12)13/h1H3,(H,14,16). The van der Waals surface area contributed by atoms with Crippen LogP contribution in [0.25, 0.3) is 0 Å². The molecule has 0 saturated heterocycles. The summed E-state index contributed by atoms with van der Waals surface area (Å²) in [4.78, 5) is 0. The fourth-order valence-corrected chi connectivity index (χ4v) is 0.763. The van der Waals surface area contributed by atoms with Crippen molar-refractivity contribution in [3.05, 3.63) is 5.89 Å². The third kappa shape index (κ3) is 2.00. The third-order valence-electron chi connectivity index (χ3n) is 1.66. The first-order valence-corrected chi connectivity index (χ1v) is 3.88. The molecule has 1 aromatic heterocycles. The van der Waals surface area contributed by atoms with Gasteiger partial charge in [0, 0.05) is 7.05 Å². The van der Waals surface area contributed by atoms with Crippen LogP contribution < -0.4 is 5.32 Å². The van der Waals surface area contributed by atoms with Gasteiger partial charge in [0.1, 0.15) is 0 Å². The summed E-state index contributed by atoms with van der Waals surface area (Å²) in [6, 6.07) is -0.711. The Hall–Kier alpha value is -1.55. The fraction of sp³-hybridized carbons (Fsp3) is 0.667. The lowest BCUT2D eigenvalue weighted by Crippen LogP contribution is -2.50. The van der Waals surface area contributed by atoms with E-state index < -0.39 is 29.9 Å². The molecule has 0 atom stereocenters. The second-order valence-electron chi connectivity index (χ2n) is 2.81. The summed E-state index contributed by atoms with van der Waals surface area (Å²) in [7, 11) is 1.12. The van der Waals surface area contributed by atoms with Crippen molar-refractivity contribution >= 4 is 6.01 Å². The smallest absolute Gasteiger partial charge is 0.401 e. The molecule has 1 aromatic rings. The summed E-state index contributed by atoms with van der Waals surface area (Å²) in [6.45, 7) is 0. The second-order valence-corrected chi connectivity index (χ2v) is 2.81. The Bertz CT molecular complexity index is 399. The van der Waals surface area contributed by atoms with E-state index in [4.69, 9.17) is 0 Å². The SMILES string of the molecule is CNc1nnc(C(F)(F)C(F)(F)C(F)(F)F)o1. The van der Waals surface area contributed by atoms with Crippen molar-refractivity contribution in [3.63, 3.8) is 0 Å². The average molecular weight is 267 g/mol. The zero-order valence-corrected chi connectivity index (χ0v) is 7.95. The first kappa shape index (κ1) is 13.5. The molecule has 0 aliphatic carbocycles. The van der Waals surface area contributed by atoms with Gasteiger partial charge in [0.15, 0.2) is 0 Å². The summed E-state index contributed by atoms with van der Waals surface area (Å²) >= 11 is 0. The van der Waals surface area contributed by atoms with Crippen molar-refractivity contribution in [2.24, 2.45) is 0 Å². The third-order valence-corrected chi connectivity index (χ3v) is 1.66. The van der Waals surface area contributed by atoms with Gasteiger partial charge in [0.05, 0.1) is 0 Å². The number of halogens is 7. The van der Waals surface area contributed by atoms with E-state index in [1.165, 1.54) is 0 Å². The van der Waals surface area contributed by atoms with Crippen LogP contribution in [0.4, 0.5) is 36.7 Å². The second kappa shape index (κ2) is 3.74. The largest absolute Gasteiger partial charge is 0.460 e. The lowest BCUT2D eigenvalue weighted by molar-refractivity contribution is -0.364. The Kier molecular flexibility index (Phi) is 2.97. The number of aromatic nitrogens is 2. The molecular weight excluding hydrogens is 263 g/mol. The molecule has 0 saturated carbocycles. The van der Waals surface area contributed by atoms with Crippen LogP contribution in [0, 0.1) is 0 Å². The quantitative estimate of drug-likeness (QED) is 0.854. The molecule has 0 aliphatic rings. The van der Waals surface area contributed by atoms with Gasteiger partial charge in [0.25, 0.3) is 5.89 Å². The molecule has 98 valence electrons. The Morgan fingerprint density at radius 2 is 1.53 bits per heavy atom. The molecule has 0 radical (unpaired) electrons. The van der Waals surface area contributed by atoms with Gasteiger partial charge in [-0.2, -0.15) is 30.7 Å². The summed E-state index contributed by atoms with van der Waals surface area (Å²) in [5.41, 5.74) is 0. The van der Waals surface area contributed by atoms with Gasteiger partial charge in [0.2, 0.25) is 0 Å². The maximum Gasteiger partial charge on any atom is 0.460 e. The highest BCUT2D eigenvalue weighted by atomic mass is 19.4. The van der Waals surface area contributed by atoms with Crippen LogP contribution in [0.3, 0.4) is 0 Å². The minimum Gasteiger partial charge on any atom is -0.401 e. The Balaban J connectivity index is 3.18. The van der Waals surface area contributed by atoms with E-state index in [1.54, 1.807) is 0 Å². The maximum absolute atomic E-state index is 12.9. The maximum atomic E-state index is 12.9. The lowest BCUT2D eigenvalue weighted by Gasteiger charge is -2.25. The molecular formula is C6H4F7N3O. The molecule has 11 heteroatoms. The normalized spacial score (nSPS) is 13.9. The van der Waals surface area contributed by atoms with Gasteiger partial charge in [-0.05, 0) is 0 Å². The van der Waals surface area contributed by atoms with E-state index in [0.717, 1.165) is 7.05 Å². The molecule has 0 amide bonds. The van der Waals surface area contributed by atoms with Crippen LogP contribution in [0.5, 0.6) is 0 Å². The minimum atomic E-state index is -6.44. The predicted molar refractivity (Wildman–Crippen MR) is 38.7 cm³/mol. The highest BCUT2D eigenvalue weighted by Crippen LogP contribution is 2.51. The van der Waals surface area contributed by atoms with Crippen LogP contribution >= 0.6 is 0 Å². The molecule has 0 fully saturated rings. The number of hydrogen-bond acceptors (Lipinski definition) is 4. The summed E-state index contributed by atoms with van der Waals surface area (Å²) in [6.07, 6.45) is -6.44. The fourth-order valence-electron chi connectivity index (χ4n) is 0.763. The highest BCUT2D eigenvalue weighted by Gasteiger charge is 2.76. The van der Waals surface area contributed by atoms with Gasteiger partial charge < -0.3 is 9.73 Å². The number of alkyl halides is 7. The summed E-state index contributed by atoms with van der Waals surface area (Å²) in [5.74, 6) is -14.1. The lowest BCUT2D eigenvalue weighted by atomic mass is 10.1.